The molecule has 0 fully saturated rings. The Balaban J connectivity index is 2.11. The van der Waals surface area contributed by atoms with Crippen LogP contribution in [0, 0.1) is 0 Å². The highest BCUT2D eigenvalue weighted by Gasteiger charge is 2.40. The quantitative estimate of drug-likeness (QED) is 0.434. The minimum atomic E-state index is -5.02. The largest absolute Gasteiger partial charge is 0.497 e. The van der Waals surface area contributed by atoms with E-state index in [1.165, 1.54) is 44.6 Å². The lowest BCUT2D eigenvalue weighted by Gasteiger charge is -2.14. The Kier molecular flexibility index (Phi) is 5.97. The van der Waals surface area contributed by atoms with Gasteiger partial charge in [-0.1, -0.05) is 6.07 Å². The molecule has 0 saturated carbocycles. The number of carbonyl (C=O) groups excluding carboxylic acids is 1. The molecule has 0 N–H and O–H groups in total. The molecule has 0 bridgehead atoms. The molecule has 2 aromatic carbocycles. The van der Waals surface area contributed by atoms with Crippen molar-refractivity contribution in [2.45, 2.75) is 6.18 Å². The second-order valence-corrected chi connectivity index (χ2v) is 5.93. The number of methoxy groups -OCH3 is 2. The molecule has 30 heavy (non-hydrogen) atoms. The molecule has 0 aliphatic carbocycles. The molecule has 0 aliphatic rings. The van der Waals surface area contributed by atoms with Crippen LogP contribution >= 0.6 is 0 Å². The van der Waals surface area contributed by atoms with Gasteiger partial charge in [-0.2, -0.15) is 13.2 Å². The van der Waals surface area contributed by atoms with Gasteiger partial charge in [0.1, 0.15) is 29.4 Å². The molecule has 10 heteroatoms. The standard InChI is InChI=1S/C20H15F3O7/c1-26-10-16(24)28-13-6-7-14-15(9-13)30-19(20(21,22)23)18(17(14)25)29-12-5-3-4-11(8-12)27-2/h3-9H,10H2,1-2H3. The highest BCUT2D eigenvalue weighted by atomic mass is 19.4. The Hall–Kier alpha value is -3.53. The summed E-state index contributed by atoms with van der Waals surface area (Å²) < 4.78 is 65.4. The molecule has 3 aromatic rings. The first-order chi connectivity index (χ1) is 14.2. The lowest BCUT2D eigenvalue weighted by molar-refractivity contribution is -0.154. The van der Waals surface area contributed by atoms with E-state index in [2.05, 4.69) is 4.74 Å². The van der Waals surface area contributed by atoms with E-state index < -0.39 is 34.7 Å². The summed E-state index contributed by atoms with van der Waals surface area (Å²) in [4.78, 5) is 24.2. The van der Waals surface area contributed by atoms with Crippen LogP contribution in [0.5, 0.6) is 23.0 Å². The summed E-state index contributed by atoms with van der Waals surface area (Å²) in [7, 11) is 2.65. The van der Waals surface area contributed by atoms with Crippen LogP contribution in [0.4, 0.5) is 13.2 Å². The van der Waals surface area contributed by atoms with Gasteiger partial charge in [0.05, 0.1) is 12.5 Å². The van der Waals surface area contributed by atoms with E-state index in [1.54, 1.807) is 6.07 Å². The fourth-order valence-corrected chi connectivity index (χ4v) is 2.56. The Morgan fingerprint density at radius 3 is 2.43 bits per heavy atom. The highest BCUT2D eigenvalue weighted by Crippen LogP contribution is 2.39. The minimum Gasteiger partial charge on any atom is -0.497 e. The molecule has 1 aromatic heterocycles. The Morgan fingerprint density at radius 1 is 1.03 bits per heavy atom. The summed E-state index contributed by atoms with van der Waals surface area (Å²) in [6.45, 7) is -0.358. The van der Waals surface area contributed by atoms with Crippen LogP contribution in [0.25, 0.3) is 11.0 Å². The van der Waals surface area contributed by atoms with Gasteiger partial charge in [0.2, 0.25) is 11.2 Å². The van der Waals surface area contributed by atoms with E-state index in [0.717, 1.165) is 6.07 Å². The van der Waals surface area contributed by atoms with Crippen molar-refractivity contribution in [1.82, 2.24) is 0 Å². The fourth-order valence-electron chi connectivity index (χ4n) is 2.56. The zero-order valence-electron chi connectivity index (χ0n) is 15.7. The Labute approximate surface area is 167 Å². The molecule has 7 nitrogen and oxygen atoms in total. The van der Waals surface area contributed by atoms with Crippen molar-refractivity contribution >= 4 is 16.9 Å². The van der Waals surface area contributed by atoms with Crippen molar-refractivity contribution in [3.63, 3.8) is 0 Å². The summed E-state index contributed by atoms with van der Waals surface area (Å²) in [6, 6.07) is 9.17. The highest BCUT2D eigenvalue weighted by molar-refractivity contribution is 5.81. The predicted molar refractivity (Wildman–Crippen MR) is 98.1 cm³/mol. The number of alkyl halides is 3. The van der Waals surface area contributed by atoms with Crippen LogP contribution in [0.15, 0.2) is 51.7 Å². The average molecular weight is 424 g/mol. The van der Waals surface area contributed by atoms with Gasteiger partial charge < -0.3 is 23.4 Å². The first-order valence-corrected chi connectivity index (χ1v) is 8.42. The van der Waals surface area contributed by atoms with Gasteiger partial charge >= 0.3 is 12.1 Å². The topological polar surface area (TPSA) is 84.2 Å². The SMILES string of the molecule is COCC(=O)Oc1ccc2c(=O)c(Oc3cccc(OC)c3)c(C(F)(F)F)oc2c1. The van der Waals surface area contributed by atoms with E-state index in [0.29, 0.717) is 5.75 Å². The van der Waals surface area contributed by atoms with Crippen LogP contribution in [-0.2, 0) is 15.7 Å². The smallest absolute Gasteiger partial charge is 0.453 e. The summed E-state index contributed by atoms with van der Waals surface area (Å²) in [5.41, 5.74) is -1.46. The van der Waals surface area contributed by atoms with E-state index in [9.17, 15) is 22.8 Å². The predicted octanol–water partition coefficient (Wildman–Crippen LogP) is 4.16. The van der Waals surface area contributed by atoms with Crippen molar-refractivity contribution in [1.29, 1.82) is 0 Å². The first kappa shape index (κ1) is 21.2. The average Bonchev–Trinajstić information content (AvgIpc) is 2.69. The summed E-state index contributed by atoms with van der Waals surface area (Å²) in [5, 5.41) is -0.188. The van der Waals surface area contributed by atoms with Crippen molar-refractivity contribution in [2.75, 3.05) is 20.8 Å². The molecule has 0 amide bonds. The number of ether oxygens (including phenoxy) is 4. The molecule has 1 heterocycles. The lowest BCUT2D eigenvalue weighted by Crippen LogP contribution is -2.16. The molecule has 0 saturated heterocycles. The van der Waals surface area contributed by atoms with Crippen LogP contribution in [-0.4, -0.2) is 26.8 Å². The molecule has 0 atom stereocenters. The zero-order valence-corrected chi connectivity index (χ0v) is 15.7. The molecule has 0 radical (unpaired) electrons. The van der Waals surface area contributed by atoms with Gasteiger partial charge in [-0.3, -0.25) is 4.79 Å². The third kappa shape index (κ3) is 4.54. The van der Waals surface area contributed by atoms with Gasteiger partial charge in [0, 0.05) is 19.2 Å². The Morgan fingerprint density at radius 2 is 1.77 bits per heavy atom. The maximum Gasteiger partial charge on any atom is 0.453 e. The Bertz CT molecular complexity index is 1140. The lowest BCUT2D eigenvalue weighted by atomic mass is 10.2. The number of halogens is 3. The van der Waals surface area contributed by atoms with Gasteiger partial charge in [0.25, 0.3) is 5.76 Å². The summed E-state index contributed by atoms with van der Waals surface area (Å²) in [5.74, 6) is -3.24. The van der Waals surface area contributed by atoms with E-state index in [-0.39, 0.29) is 23.5 Å². The monoisotopic (exact) mass is 424 g/mol. The van der Waals surface area contributed by atoms with Crippen molar-refractivity contribution < 1.29 is 41.3 Å². The number of hydrogen-bond acceptors (Lipinski definition) is 7. The number of benzene rings is 2. The normalized spacial score (nSPS) is 11.4. The second kappa shape index (κ2) is 8.46. The molecule has 0 spiro atoms. The molecular formula is C20H15F3O7. The molecular weight excluding hydrogens is 409 g/mol. The number of esters is 1. The molecule has 0 unspecified atom stereocenters. The van der Waals surface area contributed by atoms with Gasteiger partial charge in [-0.25, -0.2) is 4.79 Å². The van der Waals surface area contributed by atoms with Gasteiger partial charge in [-0.05, 0) is 24.3 Å². The summed E-state index contributed by atoms with van der Waals surface area (Å²) >= 11 is 0. The molecule has 3 rings (SSSR count). The van der Waals surface area contributed by atoms with Crippen molar-refractivity contribution in [2.24, 2.45) is 0 Å². The van der Waals surface area contributed by atoms with Crippen LogP contribution in [0.1, 0.15) is 5.76 Å². The number of fused-ring (bicyclic) bond motifs is 1. The van der Waals surface area contributed by atoms with Gasteiger partial charge in [-0.15, -0.1) is 0 Å². The van der Waals surface area contributed by atoms with Crippen LogP contribution in [0.3, 0.4) is 0 Å². The molecule has 158 valence electrons. The third-order valence-corrected chi connectivity index (χ3v) is 3.83. The molecule has 0 aliphatic heterocycles. The minimum absolute atomic E-state index is 0.0448. The first-order valence-electron chi connectivity index (χ1n) is 8.42. The second-order valence-electron chi connectivity index (χ2n) is 5.93. The number of carbonyl (C=O) groups is 1. The van der Waals surface area contributed by atoms with E-state index >= 15 is 0 Å². The van der Waals surface area contributed by atoms with E-state index in [4.69, 9.17) is 18.6 Å². The third-order valence-electron chi connectivity index (χ3n) is 3.83. The number of rotatable bonds is 6. The van der Waals surface area contributed by atoms with Crippen LogP contribution in [0.2, 0.25) is 0 Å². The maximum atomic E-state index is 13.6. The number of hydrogen-bond donors (Lipinski definition) is 0. The van der Waals surface area contributed by atoms with Gasteiger partial charge in [0.15, 0.2) is 0 Å². The zero-order chi connectivity index (χ0) is 21.9. The van der Waals surface area contributed by atoms with Crippen molar-refractivity contribution in [3.8, 4) is 23.0 Å². The van der Waals surface area contributed by atoms with Crippen molar-refractivity contribution in [3.05, 3.63) is 58.4 Å². The fraction of sp³-hybridized carbons (Fsp3) is 0.200. The van der Waals surface area contributed by atoms with Crippen LogP contribution < -0.4 is 19.6 Å². The van der Waals surface area contributed by atoms with E-state index in [1.807, 2.05) is 0 Å². The summed E-state index contributed by atoms with van der Waals surface area (Å²) in [6.07, 6.45) is -5.02. The maximum absolute atomic E-state index is 13.6.